The molecule has 0 aromatic heterocycles. The van der Waals surface area contributed by atoms with Crippen LogP contribution in [0, 0.1) is 0 Å². The van der Waals surface area contributed by atoms with Gasteiger partial charge in [-0.05, 0) is 23.8 Å². The maximum Gasteiger partial charge on any atom is 0.418 e. The maximum atomic E-state index is 13.2. The summed E-state index contributed by atoms with van der Waals surface area (Å²) in [4.78, 5) is 0. The average Bonchev–Trinajstić information content (AvgIpc) is 2.98. The van der Waals surface area contributed by atoms with Crippen LogP contribution in [0.5, 0.6) is 0 Å². The van der Waals surface area contributed by atoms with E-state index >= 15 is 0 Å². The van der Waals surface area contributed by atoms with Crippen LogP contribution in [0.3, 0.4) is 0 Å². The molecule has 0 bridgehead atoms. The first-order chi connectivity index (χ1) is 11.0. The second-order valence-electron chi connectivity index (χ2n) is 5.27. The summed E-state index contributed by atoms with van der Waals surface area (Å²) in [7, 11) is 0. The number of alkyl halides is 3. The summed E-state index contributed by atoms with van der Waals surface area (Å²) < 4.78 is 39.6. The fourth-order valence-electron chi connectivity index (χ4n) is 2.77. The molecule has 0 radical (unpaired) electrons. The van der Waals surface area contributed by atoms with E-state index in [1.165, 1.54) is 17.1 Å². The Morgan fingerprint density at radius 2 is 1.61 bits per heavy atom. The Labute approximate surface area is 130 Å². The molecule has 2 aliphatic heterocycles. The van der Waals surface area contributed by atoms with Crippen LogP contribution in [0.1, 0.15) is 16.7 Å². The van der Waals surface area contributed by atoms with Crippen LogP contribution in [0.4, 0.5) is 18.9 Å². The summed E-state index contributed by atoms with van der Waals surface area (Å²) in [5.74, 6) is 0. The van der Waals surface area contributed by atoms with E-state index < -0.39 is 11.7 Å². The van der Waals surface area contributed by atoms with Crippen LogP contribution >= 0.6 is 0 Å². The predicted molar refractivity (Wildman–Crippen MR) is 82.4 cm³/mol. The quantitative estimate of drug-likeness (QED) is 0.849. The Bertz CT molecular complexity index is 824. The zero-order valence-corrected chi connectivity index (χ0v) is 11.9. The van der Waals surface area contributed by atoms with Crippen LogP contribution < -0.4 is 10.5 Å². The van der Waals surface area contributed by atoms with E-state index in [0.29, 0.717) is 0 Å². The van der Waals surface area contributed by atoms with E-state index in [4.69, 9.17) is 0 Å². The zero-order valence-electron chi connectivity index (χ0n) is 11.9. The van der Waals surface area contributed by atoms with Crippen molar-refractivity contribution in [3.8, 4) is 0 Å². The van der Waals surface area contributed by atoms with Crippen LogP contribution in [0.15, 0.2) is 60.9 Å². The van der Waals surface area contributed by atoms with Gasteiger partial charge in [0.25, 0.3) is 0 Å². The summed E-state index contributed by atoms with van der Waals surface area (Å²) in [5.41, 5.74) is 5.14. The Morgan fingerprint density at radius 3 is 2.43 bits per heavy atom. The standard InChI is InChI=1S/C17H12F3N3/c18-17(19,20)14-7-3-4-8-15(14)23-11-16-13-6-2-1-5-12(13)9-10-22(16)21-23/h1-11,21H. The van der Waals surface area contributed by atoms with Crippen molar-refractivity contribution >= 4 is 17.5 Å². The molecule has 2 heterocycles. The highest BCUT2D eigenvalue weighted by atomic mass is 19.4. The molecule has 0 saturated carbocycles. The number of rotatable bonds is 1. The molecule has 6 heteroatoms. The largest absolute Gasteiger partial charge is 0.418 e. The van der Waals surface area contributed by atoms with E-state index in [1.54, 1.807) is 23.5 Å². The third kappa shape index (κ3) is 2.27. The van der Waals surface area contributed by atoms with E-state index in [0.717, 1.165) is 22.9 Å². The van der Waals surface area contributed by atoms with Crippen molar-refractivity contribution < 1.29 is 13.2 Å². The number of hydrogen-bond acceptors (Lipinski definition) is 3. The number of hydrazine groups is 2. The molecule has 23 heavy (non-hydrogen) atoms. The smallest absolute Gasteiger partial charge is 0.264 e. The molecule has 116 valence electrons. The van der Waals surface area contributed by atoms with Gasteiger partial charge in [-0.15, -0.1) is 5.53 Å². The lowest BCUT2D eigenvalue weighted by atomic mass is 10.0. The third-order valence-corrected chi connectivity index (χ3v) is 3.84. The van der Waals surface area contributed by atoms with Crippen LogP contribution in [0.2, 0.25) is 0 Å². The van der Waals surface area contributed by atoms with E-state index in [1.807, 2.05) is 30.3 Å². The highest BCUT2D eigenvalue weighted by Gasteiger charge is 2.36. The summed E-state index contributed by atoms with van der Waals surface area (Å²) in [6.07, 6.45) is 0.976. The first kappa shape index (κ1) is 13.9. The minimum Gasteiger partial charge on any atom is -0.264 e. The molecule has 0 fully saturated rings. The number of fused-ring (bicyclic) bond motifs is 3. The van der Waals surface area contributed by atoms with Crippen molar-refractivity contribution in [2.45, 2.75) is 6.18 Å². The van der Waals surface area contributed by atoms with Gasteiger partial charge in [-0.1, -0.05) is 36.4 Å². The van der Waals surface area contributed by atoms with Gasteiger partial charge < -0.3 is 0 Å². The number of para-hydroxylation sites is 1. The highest BCUT2D eigenvalue weighted by molar-refractivity contribution is 5.80. The summed E-state index contributed by atoms with van der Waals surface area (Å²) in [6, 6.07) is 13.2. The van der Waals surface area contributed by atoms with E-state index in [9.17, 15) is 13.2 Å². The summed E-state index contributed by atoms with van der Waals surface area (Å²) >= 11 is 0. The van der Waals surface area contributed by atoms with E-state index in [2.05, 4.69) is 5.53 Å². The number of halogens is 3. The summed E-state index contributed by atoms with van der Waals surface area (Å²) in [5, 5.41) is 3.10. The molecule has 0 spiro atoms. The van der Waals surface area contributed by atoms with Crippen molar-refractivity contribution in [2.75, 3.05) is 5.01 Å². The van der Waals surface area contributed by atoms with Crippen molar-refractivity contribution in [3.63, 3.8) is 0 Å². The molecule has 3 nitrogen and oxygen atoms in total. The third-order valence-electron chi connectivity index (χ3n) is 3.84. The number of benzene rings is 2. The van der Waals surface area contributed by atoms with Gasteiger partial charge in [0.05, 0.1) is 16.9 Å². The molecule has 1 N–H and O–H groups in total. The topological polar surface area (TPSA) is 18.5 Å². The molecule has 2 aromatic carbocycles. The molecule has 2 aliphatic rings. The first-order valence-electron chi connectivity index (χ1n) is 7.04. The number of anilines is 1. The average molecular weight is 315 g/mol. The van der Waals surface area contributed by atoms with Gasteiger partial charge in [0.2, 0.25) is 0 Å². The molecule has 0 atom stereocenters. The fraction of sp³-hybridized carbons (Fsp3) is 0.0588. The summed E-state index contributed by atoms with van der Waals surface area (Å²) in [6.45, 7) is 0. The van der Waals surface area contributed by atoms with Gasteiger partial charge >= 0.3 is 6.18 Å². The SMILES string of the molecule is FC(F)(F)c1ccccc1N1C=C2c3ccccc3C=CN2N1. The second kappa shape index (κ2) is 4.89. The van der Waals surface area contributed by atoms with Crippen LogP contribution in [-0.2, 0) is 6.18 Å². The molecule has 0 saturated heterocycles. The molecule has 0 amide bonds. The molecule has 0 aliphatic carbocycles. The Hall–Kier alpha value is -2.73. The molecule has 4 rings (SSSR count). The minimum atomic E-state index is -4.41. The number of nitrogens with one attached hydrogen (secondary N) is 1. The maximum absolute atomic E-state index is 13.2. The Morgan fingerprint density at radius 1 is 0.870 bits per heavy atom. The van der Waals surface area contributed by atoms with Crippen molar-refractivity contribution in [3.05, 3.63) is 77.6 Å². The van der Waals surface area contributed by atoms with Gasteiger partial charge in [-0.3, -0.25) is 10.0 Å². The number of nitrogens with zero attached hydrogens (tertiary/aromatic N) is 2. The van der Waals surface area contributed by atoms with Gasteiger partial charge in [-0.25, -0.2) is 0 Å². The number of hydrogen-bond donors (Lipinski definition) is 1. The van der Waals surface area contributed by atoms with Crippen molar-refractivity contribution in [2.24, 2.45) is 0 Å². The van der Waals surface area contributed by atoms with Crippen LogP contribution in [0.25, 0.3) is 11.8 Å². The van der Waals surface area contributed by atoms with E-state index in [-0.39, 0.29) is 5.69 Å². The zero-order chi connectivity index (χ0) is 16.0. The predicted octanol–water partition coefficient (Wildman–Crippen LogP) is 4.23. The Kier molecular flexibility index (Phi) is 2.96. The van der Waals surface area contributed by atoms with Gasteiger partial charge in [-0.2, -0.15) is 13.2 Å². The van der Waals surface area contributed by atoms with Gasteiger partial charge in [0.1, 0.15) is 0 Å². The lowest BCUT2D eigenvalue weighted by molar-refractivity contribution is -0.137. The molecule has 0 unspecified atom stereocenters. The normalized spacial score (nSPS) is 16.2. The highest BCUT2D eigenvalue weighted by Crippen LogP contribution is 2.39. The minimum absolute atomic E-state index is 0.0628. The Balaban J connectivity index is 1.78. The lowest BCUT2D eigenvalue weighted by Gasteiger charge is -2.26. The first-order valence-corrected chi connectivity index (χ1v) is 7.04. The van der Waals surface area contributed by atoms with Crippen molar-refractivity contribution in [1.82, 2.24) is 10.5 Å². The molecular formula is C17H12F3N3. The van der Waals surface area contributed by atoms with Crippen molar-refractivity contribution in [1.29, 1.82) is 0 Å². The molecular weight excluding hydrogens is 303 g/mol. The second-order valence-corrected chi connectivity index (χ2v) is 5.27. The monoisotopic (exact) mass is 315 g/mol. The molecule has 2 aromatic rings. The van der Waals surface area contributed by atoms with Gasteiger partial charge in [0, 0.05) is 18.0 Å². The lowest BCUT2D eigenvalue weighted by Crippen LogP contribution is -2.38. The fourth-order valence-corrected chi connectivity index (χ4v) is 2.77. The van der Waals surface area contributed by atoms with Gasteiger partial charge in [0.15, 0.2) is 0 Å². The van der Waals surface area contributed by atoms with Crippen LogP contribution in [-0.4, -0.2) is 5.01 Å².